The minimum Gasteiger partial charge on any atom is -0.489 e. The van der Waals surface area contributed by atoms with Crippen LogP contribution in [-0.4, -0.2) is 35.1 Å². The molecule has 0 unspecified atom stereocenters. The summed E-state index contributed by atoms with van der Waals surface area (Å²) in [6, 6.07) is 15.7. The predicted molar refractivity (Wildman–Crippen MR) is 123 cm³/mol. The molecule has 0 aliphatic carbocycles. The first-order valence-corrected chi connectivity index (χ1v) is 10.8. The Balaban J connectivity index is 1.31. The van der Waals surface area contributed by atoms with E-state index in [1.54, 1.807) is 18.6 Å². The zero-order valence-corrected chi connectivity index (χ0v) is 18.4. The molecule has 0 saturated carbocycles. The van der Waals surface area contributed by atoms with Crippen LogP contribution in [-0.2, 0) is 11.4 Å². The Morgan fingerprint density at radius 3 is 2.81 bits per heavy atom. The van der Waals surface area contributed by atoms with Gasteiger partial charge in [-0.15, -0.1) is 0 Å². The van der Waals surface area contributed by atoms with Gasteiger partial charge in [0.2, 0.25) is 11.8 Å². The maximum atomic E-state index is 11.2. The molecule has 32 heavy (non-hydrogen) atoms. The molecule has 1 aliphatic heterocycles. The van der Waals surface area contributed by atoms with Crippen LogP contribution in [0, 0.1) is 0 Å². The fourth-order valence-electron chi connectivity index (χ4n) is 3.79. The van der Waals surface area contributed by atoms with Gasteiger partial charge in [0.1, 0.15) is 18.5 Å². The molecule has 7 heteroatoms. The molecule has 7 nitrogen and oxygen atoms in total. The number of rotatable bonds is 8. The predicted octanol–water partition coefficient (Wildman–Crippen LogP) is 3.91. The highest BCUT2D eigenvalue weighted by Gasteiger charge is 2.24. The average Bonchev–Trinajstić information content (AvgIpc) is 3.27. The summed E-state index contributed by atoms with van der Waals surface area (Å²) < 4.78 is 12.0. The van der Waals surface area contributed by atoms with Crippen LogP contribution in [0.15, 0.2) is 67.1 Å². The third-order valence-electron chi connectivity index (χ3n) is 5.44. The van der Waals surface area contributed by atoms with Crippen LogP contribution in [0.3, 0.4) is 0 Å². The minimum absolute atomic E-state index is 0.0234. The minimum atomic E-state index is -0.0365. The van der Waals surface area contributed by atoms with Crippen LogP contribution in [0.2, 0.25) is 0 Å². The van der Waals surface area contributed by atoms with E-state index in [2.05, 4.69) is 20.2 Å². The first-order chi connectivity index (χ1) is 15.6. The second-order valence-electron chi connectivity index (χ2n) is 7.97. The van der Waals surface area contributed by atoms with Crippen LogP contribution < -0.4 is 19.7 Å². The first-order valence-electron chi connectivity index (χ1n) is 10.8. The van der Waals surface area contributed by atoms with Crippen molar-refractivity contribution in [2.75, 3.05) is 18.0 Å². The van der Waals surface area contributed by atoms with Crippen molar-refractivity contribution in [1.29, 1.82) is 0 Å². The van der Waals surface area contributed by atoms with Crippen LogP contribution in [0.25, 0.3) is 0 Å². The van der Waals surface area contributed by atoms with Crippen molar-refractivity contribution < 1.29 is 14.3 Å². The number of nitrogens with zero attached hydrogens (tertiary/aromatic N) is 3. The monoisotopic (exact) mass is 432 g/mol. The Hall–Kier alpha value is -3.61. The number of ether oxygens (including phenoxy) is 2. The number of nitrogens with one attached hydrogen (secondary N) is 1. The molecule has 1 aliphatic rings. The van der Waals surface area contributed by atoms with Crippen LogP contribution >= 0.6 is 0 Å². The van der Waals surface area contributed by atoms with E-state index in [1.165, 1.54) is 6.92 Å². The van der Waals surface area contributed by atoms with Crippen molar-refractivity contribution in [3.05, 3.63) is 78.2 Å². The number of hydrogen-bond donors (Lipinski definition) is 1. The van der Waals surface area contributed by atoms with E-state index >= 15 is 0 Å². The Kier molecular flexibility index (Phi) is 6.84. The van der Waals surface area contributed by atoms with Gasteiger partial charge in [-0.2, -0.15) is 0 Å². The molecule has 0 bridgehead atoms. The summed E-state index contributed by atoms with van der Waals surface area (Å²) in [4.78, 5) is 22.0. The van der Waals surface area contributed by atoms with Crippen molar-refractivity contribution in [2.45, 2.75) is 39.0 Å². The van der Waals surface area contributed by atoms with Crippen LogP contribution in [0.4, 0.5) is 5.69 Å². The molecule has 3 heterocycles. The maximum Gasteiger partial charge on any atom is 0.217 e. The Labute approximate surface area is 188 Å². The van der Waals surface area contributed by atoms with E-state index in [9.17, 15) is 4.79 Å². The number of carbonyl (C=O) groups is 1. The number of hydrogen-bond acceptors (Lipinski definition) is 6. The number of pyridine rings is 2. The average molecular weight is 433 g/mol. The molecule has 1 saturated heterocycles. The third kappa shape index (κ3) is 5.75. The van der Waals surface area contributed by atoms with E-state index in [0.717, 1.165) is 42.1 Å². The van der Waals surface area contributed by atoms with Crippen molar-refractivity contribution in [3.8, 4) is 11.6 Å². The molecule has 4 rings (SSSR count). The molecule has 1 fully saturated rings. The van der Waals surface area contributed by atoms with Crippen molar-refractivity contribution in [1.82, 2.24) is 15.3 Å². The first kappa shape index (κ1) is 21.6. The summed E-state index contributed by atoms with van der Waals surface area (Å²) in [6.07, 6.45) is 6.37. The van der Waals surface area contributed by atoms with Gasteiger partial charge in [0, 0.05) is 55.8 Å². The number of carbonyl (C=O) groups excluding carboxylic acids is 1. The lowest BCUT2D eigenvalue weighted by atomic mass is 10.1. The smallest absolute Gasteiger partial charge is 0.217 e. The highest BCUT2D eigenvalue weighted by molar-refractivity contribution is 5.73. The summed E-state index contributed by atoms with van der Waals surface area (Å²) in [5.41, 5.74) is 3.13. The lowest BCUT2D eigenvalue weighted by Crippen LogP contribution is -2.25. The van der Waals surface area contributed by atoms with Gasteiger partial charge in [-0.1, -0.05) is 18.2 Å². The van der Waals surface area contributed by atoms with Gasteiger partial charge in [-0.05, 0) is 36.8 Å². The largest absolute Gasteiger partial charge is 0.489 e. The van der Waals surface area contributed by atoms with Gasteiger partial charge in [0.15, 0.2) is 0 Å². The molecular weight excluding hydrogens is 404 g/mol. The van der Waals surface area contributed by atoms with Gasteiger partial charge in [-0.25, -0.2) is 4.98 Å². The fraction of sp³-hybridized carbons (Fsp3) is 0.320. The van der Waals surface area contributed by atoms with Crippen LogP contribution in [0.1, 0.15) is 37.4 Å². The zero-order valence-electron chi connectivity index (χ0n) is 18.4. The molecule has 2 atom stereocenters. The molecule has 0 radical (unpaired) electrons. The SMILES string of the molecule is CC(=O)N[C@@H](C)c1ccc(O[C@@H]2CCN(c3ccnc(OCc4cccnc4)c3)C2)cc1. The van der Waals surface area contributed by atoms with E-state index < -0.39 is 0 Å². The molecular formula is C25H28N4O3. The van der Waals surface area contributed by atoms with Crippen LogP contribution in [0.5, 0.6) is 11.6 Å². The zero-order chi connectivity index (χ0) is 22.3. The maximum absolute atomic E-state index is 11.2. The summed E-state index contributed by atoms with van der Waals surface area (Å²) in [5, 5.41) is 2.89. The van der Waals surface area contributed by atoms with Gasteiger partial charge < -0.3 is 19.7 Å². The molecule has 1 N–H and O–H groups in total. The van der Waals surface area contributed by atoms with E-state index in [1.807, 2.05) is 55.5 Å². The highest BCUT2D eigenvalue weighted by atomic mass is 16.5. The topological polar surface area (TPSA) is 76.6 Å². The number of anilines is 1. The Bertz CT molecular complexity index is 1030. The van der Waals surface area contributed by atoms with E-state index in [0.29, 0.717) is 12.5 Å². The van der Waals surface area contributed by atoms with Gasteiger partial charge >= 0.3 is 0 Å². The van der Waals surface area contributed by atoms with Gasteiger partial charge in [-0.3, -0.25) is 9.78 Å². The van der Waals surface area contributed by atoms with Crippen molar-refractivity contribution >= 4 is 11.6 Å². The molecule has 1 aromatic carbocycles. The van der Waals surface area contributed by atoms with Gasteiger partial charge in [0.05, 0.1) is 12.6 Å². The second-order valence-corrected chi connectivity index (χ2v) is 7.97. The number of aromatic nitrogens is 2. The van der Waals surface area contributed by atoms with Crippen molar-refractivity contribution in [2.24, 2.45) is 0 Å². The normalized spacial score (nSPS) is 16.4. The quantitative estimate of drug-likeness (QED) is 0.582. The summed E-state index contributed by atoms with van der Waals surface area (Å²) in [6.45, 7) is 5.64. The third-order valence-corrected chi connectivity index (χ3v) is 5.44. The number of benzene rings is 1. The summed E-state index contributed by atoms with van der Waals surface area (Å²) in [7, 11) is 0. The van der Waals surface area contributed by atoms with Gasteiger partial charge in [0.25, 0.3) is 0 Å². The standard InChI is InChI=1S/C25H28N4O3/c1-18(28-19(2)30)21-5-7-23(8-6-21)32-24-10-13-29(16-24)22-9-12-27-25(14-22)31-17-20-4-3-11-26-15-20/h3-9,11-12,14-15,18,24H,10,13,16-17H2,1-2H3,(H,28,30)/t18-,24+/m0/s1. The molecule has 2 aromatic heterocycles. The second kappa shape index (κ2) is 10.1. The Morgan fingerprint density at radius 1 is 1.22 bits per heavy atom. The fourth-order valence-corrected chi connectivity index (χ4v) is 3.79. The molecule has 166 valence electrons. The van der Waals surface area contributed by atoms with E-state index in [4.69, 9.17) is 9.47 Å². The lowest BCUT2D eigenvalue weighted by molar-refractivity contribution is -0.119. The van der Waals surface area contributed by atoms with E-state index in [-0.39, 0.29) is 18.1 Å². The lowest BCUT2D eigenvalue weighted by Gasteiger charge is -2.20. The molecule has 1 amide bonds. The Morgan fingerprint density at radius 2 is 2.06 bits per heavy atom. The highest BCUT2D eigenvalue weighted by Crippen LogP contribution is 2.26. The molecule has 3 aromatic rings. The molecule has 0 spiro atoms. The van der Waals surface area contributed by atoms with Crippen molar-refractivity contribution in [3.63, 3.8) is 0 Å². The summed E-state index contributed by atoms with van der Waals surface area (Å²) in [5.74, 6) is 1.40. The summed E-state index contributed by atoms with van der Waals surface area (Å²) >= 11 is 0. The number of amides is 1.